The van der Waals surface area contributed by atoms with E-state index >= 15 is 0 Å². The Hall–Kier alpha value is -3.03. The van der Waals surface area contributed by atoms with Crippen molar-refractivity contribution in [1.29, 1.82) is 0 Å². The molecule has 0 aromatic heterocycles. The summed E-state index contributed by atoms with van der Waals surface area (Å²) in [5, 5.41) is 0. The van der Waals surface area contributed by atoms with Crippen LogP contribution >= 0.6 is 0 Å². The minimum atomic E-state index is -1.10. The fraction of sp³-hybridized carbons (Fsp3) is 0.312. The molecule has 124 valence electrons. The maximum Gasteiger partial charge on any atom is 0.325 e. The van der Waals surface area contributed by atoms with Crippen molar-refractivity contribution in [3.8, 4) is 0 Å². The highest BCUT2D eigenvalue weighted by molar-refractivity contribution is 6.23. The summed E-state index contributed by atoms with van der Waals surface area (Å²) in [7, 11) is 1.14. The number of nitrogens with zero attached hydrogens (tertiary/aromatic N) is 2. The monoisotopic (exact) mass is 330 g/mol. The van der Waals surface area contributed by atoms with E-state index in [4.69, 9.17) is 0 Å². The first-order valence-electron chi connectivity index (χ1n) is 7.33. The number of carbonyl (C=O) groups excluding carboxylic acids is 5. The van der Waals surface area contributed by atoms with Crippen LogP contribution in [0.5, 0.6) is 0 Å². The Labute approximate surface area is 137 Å². The van der Waals surface area contributed by atoms with Gasteiger partial charge in [0.2, 0.25) is 5.91 Å². The lowest BCUT2D eigenvalue weighted by atomic mass is 10.0. The molecule has 2 aliphatic heterocycles. The smallest absolute Gasteiger partial charge is 0.325 e. The number of esters is 1. The van der Waals surface area contributed by atoms with Gasteiger partial charge in [0.25, 0.3) is 17.7 Å². The van der Waals surface area contributed by atoms with Crippen LogP contribution in [0.3, 0.4) is 0 Å². The van der Waals surface area contributed by atoms with Crippen LogP contribution in [0.1, 0.15) is 33.6 Å². The quantitative estimate of drug-likeness (QED) is 0.570. The number of hydrogen-bond acceptors (Lipinski definition) is 6. The van der Waals surface area contributed by atoms with Gasteiger partial charge in [-0.05, 0) is 18.6 Å². The predicted octanol–water partition coefficient (Wildman–Crippen LogP) is -0.0268. The van der Waals surface area contributed by atoms with E-state index in [1.165, 1.54) is 12.1 Å². The summed E-state index contributed by atoms with van der Waals surface area (Å²) < 4.78 is 4.47. The SMILES string of the molecule is COC(=O)CN1C(=O)CCC(N2C(=O)c3ccccc3C2=O)C1=O. The van der Waals surface area contributed by atoms with E-state index < -0.39 is 42.2 Å². The van der Waals surface area contributed by atoms with Gasteiger partial charge in [0.1, 0.15) is 12.6 Å². The summed E-state index contributed by atoms with van der Waals surface area (Å²) in [5.41, 5.74) is 0.457. The summed E-state index contributed by atoms with van der Waals surface area (Å²) >= 11 is 0. The van der Waals surface area contributed by atoms with Gasteiger partial charge in [-0.2, -0.15) is 0 Å². The van der Waals surface area contributed by atoms with Crippen molar-refractivity contribution in [3.05, 3.63) is 35.4 Å². The number of methoxy groups -OCH3 is 1. The molecule has 2 aliphatic rings. The molecule has 1 aromatic rings. The number of benzene rings is 1. The number of imide groups is 2. The zero-order valence-corrected chi connectivity index (χ0v) is 12.9. The second-order valence-electron chi connectivity index (χ2n) is 5.47. The molecule has 4 amide bonds. The number of piperidine rings is 1. The van der Waals surface area contributed by atoms with Gasteiger partial charge in [-0.3, -0.25) is 33.8 Å². The van der Waals surface area contributed by atoms with Crippen molar-refractivity contribution < 1.29 is 28.7 Å². The molecule has 8 nitrogen and oxygen atoms in total. The van der Waals surface area contributed by atoms with Gasteiger partial charge in [-0.15, -0.1) is 0 Å². The number of carbonyl (C=O) groups is 5. The Kier molecular flexibility index (Phi) is 3.88. The van der Waals surface area contributed by atoms with Crippen LogP contribution < -0.4 is 0 Å². The van der Waals surface area contributed by atoms with Crippen LogP contribution in [0.4, 0.5) is 0 Å². The third kappa shape index (κ3) is 2.36. The minimum Gasteiger partial charge on any atom is -0.468 e. The highest BCUT2D eigenvalue weighted by Crippen LogP contribution is 2.28. The molecule has 1 aromatic carbocycles. The zero-order chi connectivity index (χ0) is 17.4. The summed E-state index contributed by atoms with van der Waals surface area (Å²) in [4.78, 5) is 62.4. The number of fused-ring (bicyclic) bond motifs is 1. The molecule has 1 fully saturated rings. The van der Waals surface area contributed by atoms with Gasteiger partial charge >= 0.3 is 5.97 Å². The highest BCUT2D eigenvalue weighted by atomic mass is 16.5. The van der Waals surface area contributed by atoms with E-state index in [0.717, 1.165) is 16.9 Å². The normalized spacial score (nSPS) is 20.5. The van der Waals surface area contributed by atoms with Crippen molar-refractivity contribution in [2.75, 3.05) is 13.7 Å². The number of ether oxygens (including phenoxy) is 1. The van der Waals surface area contributed by atoms with Crippen LogP contribution in [0.25, 0.3) is 0 Å². The molecule has 3 rings (SSSR count). The largest absolute Gasteiger partial charge is 0.468 e. The molecule has 0 aliphatic carbocycles. The maximum absolute atomic E-state index is 12.6. The topological polar surface area (TPSA) is 101 Å². The molecule has 1 atom stereocenters. The van der Waals surface area contributed by atoms with Crippen LogP contribution in [-0.4, -0.2) is 59.1 Å². The highest BCUT2D eigenvalue weighted by Gasteiger charge is 2.47. The van der Waals surface area contributed by atoms with Gasteiger partial charge in [-0.25, -0.2) is 0 Å². The molecule has 1 unspecified atom stereocenters. The van der Waals surface area contributed by atoms with Crippen molar-refractivity contribution in [2.24, 2.45) is 0 Å². The van der Waals surface area contributed by atoms with E-state index in [9.17, 15) is 24.0 Å². The lowest BCUT2D eigenvalue weighted by molar-refractivity contribution is -0.158. The maximum atomic E-state index is 12.6. The summed E-state index contributed by atoms with van der Waals surface area (Å²) in [6, 6.07) is 5.19. The van der Waals surface area contributed by atoms with Crippen molar-refractivity contribution >= 4 is 29.6 Å². The minimum absolute atomic E-state index is 0.0409. The van der Waals surface area contributed by atoms with Gasteiger partial charge in [0, 0.05) is 6.42 Å². The van der Waals surface area contributed by atoms with Crippen LogP contribution in [0.15, 0.2) is 24.3 Å². The molecule has 0 radical (unpaired) electrons. The first kappa shape index (κ1) is 15.9. The van der Waals surface area contributed by atoms with Gasteiger partial charge < -0.3 is 4.74 Å². The molecule has 0 saturated carbocycles. The zero-order valence-electron chi connectivity index (χ0n) is 12.9. The average molecular weight is 330 g/mol. The number of rotatable bonds is 3. The number of amides is 4. The Bertz CT molecular complexity index is 737. The standard InChI is InChI=1S/C16H14N2O6/c1-24-13(20)8-17-12(19)7-6-11(16(17)23)18-14(21)9-4-2-3-5-10(9)15(18)22/h2-5,11H,6-8H2,1H3. The van der Waals surface area contributed by atoms with Crippen LogP contribution in [0, 0.1) is 0 Å². The van der Waals surface area contributed by atoms with Crippen LogP contribution in [-0.2, 0) is 19.1 Å². The van der Waals surface area contributed by atoms with E-state index in [1.54, 1.807) is 12.1 Å². The Balaban J connectivity index is 1.89. The molecule has 8 heteroatoms. The third-order valence-electron chi connectivity index (χ3n) is 4.14. The van der Waals surface area contributed by atoms with Gasteiger partial charge in [-0.1, -0.05) is 12.1 Å². The molecular formula is C16H14N2O6. The lowest BCUT2D eigenvalue weighted by Crippen LogP contribution is -2.57. The first-order valence-corrected chi connectivity index (χ1v) is 7.33. The molecule has 24 heavy (non-hydrogen) atoms. The number of likely N-dealkylation sites (tertiary alicyclic amines) is 1. The average Bonchev–Trinajstić information content (AvgIpc) is 2.83. The second-order valence-corrected chi connectivity index (χ2v) is 5.47. The Morgan fingerprint density at radius 3 is 2.25 bits per heavy atom. The van der Waals surface area contributed by atoms with Gasteiger partial charge in [0.05, 0.1) is 18.2 Å². The molecule has 2 heterocycles. The van der Waals surface area contributed by atoms with Crippen molar-refractivity contribution in [1.82, 2.24) is 9.80 Å². The second kappa shape index (κ2) is 5.88. The summed E-state index contributed by atoms with van der Waals surface area (Å²) in [6.07, 6.45) is 0.00160. The fourth-order valence-corrected chi connectivity index (χ4v) is 2.91. The van der Waals surface area contributed by atoms with Crippen LogP contribution in [0.2, 0.25) is 0 Å². The molecule has 0 bridgehead atoms. The third-order valence-corrected chi connectivity index (χ3v) is 4.14. The number of hydrogen-bond donors (Lipinski definition) is 0. The molecule has 1 saturated heterocycles. The van der Waals surface area contributed by atoms with Crippen molar-refractivity contribution in [2.45, 2.75) is 18.9 Å². The predicted molar refractivity (Wildman–Crippen MR) is 78.7 cm³/mol. The van der Waals surface area contributed by atoms with Gasteiger partial charge in [0.15, 0.2) is 0 Å². The Morgan fingerprint density at radius 2 is 1.71 bits per heavy atom. The van der Waals surface area contributed by atoms with E-state index in [1.807, 2.05) is 0 Å². The first-order chi connectivity index (χ1) is 11.5. The van der Waals surface area contributed by atoms with E-state index in [-0.39, 0.29) is 24.0 Å². The molecular weight excluding hydrogens is 316 g/mol. The van der Waals surface area contributed by atoms with E-state index in [0.29, 0.717) is 0 Å². The summed E-state index contributed by atoms with van der Waals surface area (Å²) in [6.45, 7) is -0.534. The fourth-order valence-electron chi connectivity index (χ4n) is 2.91. The molecule has 0 spiro atoms. The lowest BCUT2D eigenvalue weighted by Gasteiger charge is -2.33. The summed E-state index contributed by atoms with van der Waals surface area (Å²) in [5.74, 6) is -3.16. The Morgan fingerprint density at radius 1 is 1.12 bits per heavy atom. The van der Waals surface area contributed by atoms with E-state index in [2.05, 4.69) is 4.74 Å². The molecule has 0 N–H and O–H groups in total. The van der Waals surface area contributed by atoms with Crippen molar-refractivity contribution in [3.63, 3.8) is 0 Å².